The third-order valence-electron chi connectivity index (χ3n) is 5.09. The first kappa shape index (κ1) is 16.5. The van der Waals surface area contributed by atoms with Crippen molar-refractivity contribution in [1.82, 2.24) is 29.7 Å². The van der Waals surface area contributed by atoms with Crippen LogP contribution in [0.25, 0.3) is 17.0 Å². The van der Waals surface area contributed by atoms with Gasteiger partial charge in [-0.25, -0.2) is 19.3 Å². The maximum atomic E-state index is 14.5. The summed E-state index contributed by atoms with van der Waals surface area (Å²) in [6, 6.07) is 0.244. The minimum atomic E-state index is -0.477. The lowest BCUT2D eigenvalue weighted by molar-refractivity contribution is 0.00654. The number of imidazole rings is 1. The van der Waals surface area contributed by atoms with Crippen LogP contribution in [0.1, 0.15) is 24.5 Å². The minimum Gasteiger partial charge on any atom is -0.380 e. The van der Waals surface area contributed by atoms with E-state index in [1.165, 1.54) is 6.20 Å². The summed E-state index contributed by atoms with van der Waals surface area (Å²) >= 11 is 0. The van der Waals surface area contributed by atoms with Gasteiger partial charge in [0, 0.05) is 24.7 Å². The van der Waals surface area contributed by atoms with E-state index >= 15 is 0 Å². The van der Waals surface area contributed by atoms with Crippen molar-refractivity contribution in [3.05, 3.63) is 36.3 Å². The molecule has 0 radical (unpaired) electrons. The second-order valence-corrected chi connectivity index (χ2v) is 7.00. The Morgan fingerprint density at radius 3 is 2.89 bits per heavy atom. The smallest absolute Gasteiger partial charge is 0.223 e. The summed E-state index contributed by atoms with van der Waals surface area (Å²) in [7, 11) is 0. The number of fused-ring (bicyclic) bond motifs is 1. The molecule has 1 unspecified atom stereocenters. The van der Waals surface area contributed by atoms with Gasteiger partial charge in [-0.2, -0.15) is 0 Å². The molecule has 2 N–H and O–H groups in total. The van der Waals surface area contributed by atoms with E-state index in [2.05, 4.69) is 30.6 Å². The Kier molecular flexibility index (Phi) is 4.17. The van der Waals surface area contributed by atoms with Gasteiger partial charge in [0.15, 0.2) is 11.5 Å². The normalized spacial score (nSPS) is 20.6. The lowest BCUT2D eigenvalue weighted by atomic mass is 10.1. The molecule has 0 aliphatic carbocycles. The SMILES string of the molecule is Fc1cnc(NC2CCCNC2)nc1-c1cnc2cnc(C3COC3)cn12. The zero-order valence-corrected chi connectivity index (χ0v) is 14.7. The fraction of sp³-hybridized carbons (Fsp3) is 0.444. The number of hydrogen-bond donors (Lipinski definition) is 2. The molecule has 27 heavy (non-hydrogen) atoms. The first-order valence-corrected chi connectivity index (χ1v) is 9.19. The van der Waals surface area contributed by atoms with Gasteiger partial charge in [0.05, 0.1) is 43.2 Å². The second kappa shape index (κ2) is 6.82. The van der Waals surface area contributed by atoms with Crippen LogP contribution in [0.5, 0.6) is 0 Å². The van der Waals surface area contributed by atoms with Gasteiger partial charge in [0.25, 0.3) is 0 Å². The lowest BCUT2D eigenvalue weighted by Gasteiger charge is -2.25. The van der Waals surface area contributed by atoms with E-state index < -0.39 is 5.82 Å². The molecule has 3 aromatic rings. The number of halogens is 1. The van der Waals surface area contributed by atoms with E-state index in [1.807, 2.05) is 10.6 Å². The van der Waals surface area contributed by atoms with Gasteiger partial charge >= 0.3 is 0 Å². The Hall–Kier alpha value is -2.65. The highest BCUT2D eigenvalue weighted by Crippen LogP contribution is 2.26. The summed E-state index contributed by atoms with van der Waals surface area (Å²) in [6.07, 6.45) is 8.56. The summed E-state index contributed by atoms with van der Waals surface area (Å²) in [5, 5.41) is 6.63. The summed E-state index contributed by atoms with van der Waals surface area (Å²) < 4.78 is 21.6. The number of hydrogen-bond acceptors (Lipinski definition) is 7. The Bertz CT molecular complexity index is 965. The second-order valence-electron chi connectivity index (χ2n) is 7.00. The summed E-state index contributed by atoms with van der Waals surface area (Å²) in [4.78, 5) is 17.3. The summed E-state index contributed by atoms with van der Waals surface area (Å²) in [6.45, 7) is 3.20. The van der Waals surface area contributed by atoms with Crippen molar-refractivity contribution < 1.29 is 9.13 Å². The molecular weight excluding hydrogens is 349 g/mol. The molecule has 0 spiro atoms. The highest BCUT2D eigenvalue weighted by molar-refractivity contribution is 5.61. The van der Waals surface area contributed by atoms with Crippen molar-refractivity contribution in [2.24, 2.45) is 0 Å². The number of nitrogens with one attached hydrogen (secondary N) is 2. The van der Waals surface area contributed by atoms with Crippen LogP contribution in [0.15, 0.2) is 24.8 Å². The van der Waals surface area contributed by atoms with Crippen LogP contribution in [-0.4, -0.2) is 56.7 Å². The number of nitrogens with zero attached hydrogens (tertiary/aromatic N) is 5. The maximum absolute atomic E-state index is 14.5. The molecule has 5 rings (SSSR count). The van der Waals surface area contributed by atoms with Crippen molar-refractivity contribution in [2.45, 2.75) is 24.8 Å². The van der Waals surface area contributed by atoms with Crippen LogP contribution in [-0.2, 0) is 4.74 Å². The zero-order chi connectivity index (χ0) is 18.2. The predicted octanol–water partition coefficient (Wildman–Crippen LogP) is 1.60. The van der Waals surface area contributed by atoms with Crippen LogP contribution in [0.2, 0.25) is 0 Å². The maximum Gasteiger partial charge on any atom is 0.223 e. The standard InChI is InChI=1S/C18H20FN7O/c19-13-5-23-18(24-12-2-1-3-20-4-12)25-17(13)15-6-22-16-7-21-14(8-26(15)16)11-9-27-10-11/h5-8,11-12,20H,1-4,9-10H2,(H,23,24,25). The Morgan fingerprint density at radius 2 is 2.11 bits per heavy atom. The number of rotatable bonds is 4. The van der Waals surface area contributed by atoms with Crippen LogP contribution in [0, 0.1) is 5.82 Å². The monoisotopic (exact) mass is 369 g/mol. The van der Waals surface area contributed by atoms with E-state index in [-0.39, 0.29) is 17.7 Å². The summed E-state index contributed by atoms with van der Waals surface area (Å²) in [5.41, 5.74) is 2.37. The largest absolute Gasteiger partial charge is 0.380 e. The van der Waals surface area contributed by atoms with Crippen molar-refractivity contribution in [3.8, 4) is 11.4 Å². The summed E-state index contributed by atoms with van der Waals surface area (Å²) in [5.74, 6) is 0.224. The molecule has 1 atom stereocenters. The minimum absolute atomic E-state index is 0.228. The molecule has 3 aromatic heterocycles. The van der Waals surface area contributed by atoms with Gasteiger partial charge in [-0.1, -0.05) is 0 Å². The highest BCUT2D eigenvalue weighted by atomic mass is 19.1. The van der Waals surface area contributed by atoms with E-state index in [9.17, 15) is 4.39 Å². The number of aromatic nitrogens is 5. The molecule has 0 saturated carbocycles. The van der Waals surface area contributed by atoms with Crippen LogP contribution in [0.3, 0.4) is 0 Å². The van der Waals surface area contributed by atoms with Crippen molar-refractivity contribution in [2.75, 3.05) is 31.6 Å². The molecule has 8 nitrogen and oxygen atoms in total. The molecule has 2 aliphatic heterocycles. The molecule has 0 bridgehead atoms. The molecule has 2 saturated heterocycles. The third-order valence-corrected chi connectivity index (χ3v) is 5.09. The molecule has 0 amide bonds. The van der Waals surface area contributed by atoms with Gasteiger partial charge < -0.3 is 15.4 Å². The molecule has 5 heterocycles. The zero-order valence-electron chi connectivity index (χ0n) is 14.7. The van der Waals surface area contributed by atoms with E-state index in [0.717, 1.165) is 31.6 Å². The number of piperidine rings is 1. The predicted molar refractivity (Wildman–Crippen MR) is 97.0 cm³/mol. The molecule has 2 aliphatic rings. The van der Waals surface area contributed by atoms with Gasteiger partial charge in [-0.3, -0.25) is 9.38 Å². The van der Waals surface area contributed by atoms with Gasteiger partial charge in [0.2, 0.25) is 5.95 Å². The van der Waals surface area contributed by atoms with Gasteiger partial charge in [-0.05, 0) is 19.4 Å². The van der Waals surface area contributed by atoms with Gasteiger partial charge in [-0.15, -0.1) is 0 Å². The van der Waals surface area contributed by atoms with E-state index in [4.69, 9.17) is 4.74 Å². The quantitative estimate of drug-likeness (QED) is 0.722. The third kappa shape index (κ3) is 3.13. The average molecular weight is 369 g/mol. The molecule has 0 aromatic carbocycles. The van der Waals surface area contributed by atoms with Crippen LogP contribution < -0.4 is 10.6 Å². The average Bonchev–Trinajstić information content (AvgIpc) is 3.06. The number of anilines is 1. The Balaban J connectivity index is 1.50. The Morgan fingerprint density at radius 1 is 1.19 bits per heavy atom. The van der Waals surface area contributed by atoms with Crippen molar-refractivity contribution in [1.29, 1.82) is 0 Å². The lowest BCUT2D eigenvalue weighted by Crippen LogP contribution is -2.38. The Labute approximate surface area is 155 Å². The fourth-order valence-corrected chi connectivity index (χ4v) is 3.47. The molecule has 9 heteroatoms. The topological polar surface area (TPSA) is 89.3 Å². The van der Waals surface area contributed by atoms with Gasteiger partial charge in [0.1, 0.15) is 5.69 Å². The molecule has 140 valence electrons. The number of ether oxygens (including phenoxy) is 1. The van der Waals surface area contributed by atoms with Crippen molar-refractivity contribution >= 4 is 11.6 Å². The molecule has 2 fully saturated rings. The fourth-order valence-electron chi connectivity index (χ4n) is 3.47. The first-order valence-electron chi connectivity index (χ1n) is 9.19. The van der Waals surface area contributed by atoms with E-state index in [0.29, 0.717) is 30.5 Å². The van der Waals surface area contributed by atoms with Crippen LogP contribution >= 0.6 is 0 Å². The van der Waals surface area contributed by atoms with Crippen LogP contribution in [0.4, 0.5) is 10.3 Å². The molecular formula is C18H20FN7O. The highest BCUT2D eigenvalue weighted by Gasteiger charge is 2.23. The van der Waals surface area contributed by atoms with E-state index in [1.54, 1.807) is 12.4 Å². The first-order chi connectivity index (χ1) is 13.3. The van der Waals surface area contributed by atoms with Crippen molar-refractivity contribution in [3.63, 3.8) is 0 Å².